The van der Waals surface area contributed by atoms with Crippen LogP contribution < -0.4 is 5.32 Å². The van der Waals surface area contributed by atoms with Crippen molar-refractivity contribution < 1.29 is 34.4 Å². The predicted octanol–water partition coefficient (Wildman–Crippen LogP) is 0.937. The number of hydrogen-bond acceptors (Lipinski definition) is 7. The molecule has 0 aromatic heterocycles. The zero-order chi connectivity index (χ0) is 18.5. The van der Waals surface area contributed by atoms with E-state index in [1.54, 1.807) is 27.7 Å². The van der Waals surface area contributed by atoms with E-state index in [9.17, 15) is 24.9 Å². The highest BCUT2D eigenvalue weighted by Crippen LogP contribution is 2.22. The fraction of sp³-hybridized carbons (Fsp3) is 0.625. The van der Waals surface area contributed by atoms with Crippen molar-refractivity contribution in [1.29, 1.82) is 0 Å². The van der Waals surface area contributed by atoms with Gasteiger partial charge in [-0.15, -0.1) is 0 Å². The Morgan fingerprint density at radius 1 is 1.38 bits per heavy atom. The lowest BCUT2D eigenvalue weighted by Crippen LogP contribution is -2.51. The molecule has 1 rings (SSSR count). The van der Waals surface area contributed by atoms with Crippen LogP contribution in [0.3, 0.4) is 0 Å². The minimum absolute atomic E-state index is 0.0699. The summed E-state index contributed by atoms with van der Waals surface area (Å²) in [5, 5.41) is 31.8. The zero-order valence-electron chi connectivity index (χ0n) is 14.3. The first-order valence-electron chi connectivity index (χ1n) is 7.67. The van der Waals surface area contributed by atoms with Crippen LogP contribution in [-0.2, 0) is 14.3 Å². The fourth-order valence-electron chi connectivity index (χ4n) is 2.07. The molecule has 0 fully saturated rings. The van der Waals surface area contributed by atoms with Gasteiger partial charge < -0.3 is 30.1 Å². The summed E-state index contributed by atoms with van der Waals surface area (Å²) in [5.74, 6) is -1.07. The van der Waals surface area contributed by atoms with Crippen molar-refractivity contribution in [3.05, 3.63) is 23.5 Å². The molecule has 3 unspecified atom stereocenters. The van der Waals surface area contributed by atoms with E-state index in [1.165, 1.54) is 12.2 Å². The Kier molecular flexibility index (Phi) is 6.80. The number of rotatable bonds is 5. The van der Waals surface area contributed by atoms with Crippen LogP contribution in [0.15, 0.2) is 23.5 Å². The van der Waals surface area contributed by atoms with E-state index in [-0.39, 0.29) is 24.4 Å². The average Bonchev–Trinajstić information content (AvgIpc) is 2.45. The number of amides is 1. The Morgan fingerprint density at radius 2 is 2.00 bits per heavy atom. The highest BCUT2D eigenvalue weighted by atomic mass is 16.6. The van der Waals surface area contributed by atoms with E-state index >= 15 is 0 Å². The lowest BCUT2D eigenvalue weighted by atomic mass is 9.92. The topological polar surface area (TPSA) is 125 Å². The van der Waals surface area contributed by atoms with Gasteiger partial charge in [-0.3, -0.25) is 0 Å². The molecule has 3 atom stereocenters. The summed E-state index contributed by atoms with van der Waals surface area (Å²) in [6.45, 7) is 6.65. The summed E-state index contributed by atoms with van der Waals surface area (Å²) < 4.78 is 9.95. The van der Waals surface area contributed by atoms with Crippen LogP contribution in [-0.4, -0.2) is 57.8 Å². The summed E-state index contributed by atoms with van der Waals surface area (Å²) in [5.41, 5.74) is -0.502. The van der Waals surface area contributed by atoms with E-state index in [0.717, 1.165) is 0 Å². The largest absolute Gasteiger partial charge is 0.510 e. The third-order valence-corrected chi connectivity index (χ3v) is 3.15. The lowest BCUT2D eigenvalue weighted by Gasteiger charge is -2.28. The van der Waals surface area contributed by atoms with Crippen molar-refractivity contribution in [2.45, 2.75) is 58.0 Å². The Bertz CT molecular complexity index is 533. The molecular weight excluding hydrogens is 318 g/mol. The van der Waals surface area contributed by atoms with E-state index in [2.05, 4.69) is 5.32 Å². The van der Waals surface area contributed by atoms with Gasteiger partial charge in [0.15, 0.2) is 6.04 Å². The molecule has 0 spiro atoms. The molecule has 24 heavy (non-hydrogen) atoms. The molecule has 0 aliphatic heterocycles. The predicted molar refractivity (Wildman–Crippen MR) is 85.2 cm³/mol. The monoisotopic (exact) mass is 343 g/mol. The number of nitrogens with one attached hydrogen (secondary N) is 1. The first kappa shape index (κ1) is 20.0. The molecule has 0 aromatic rings. The minimum Gasteiger partial charge on any atom is -0.510 e. The van der Waals surface area contributed by atoms with Gasteiger partial charge in [0.25, 0.3) is 0 Å². The minimum atomic E-state index is -1.43. The highest BCUT2D eigenvalue weighted by molar-refractivity contribution is 5.82. The van der Waals surface area contributed by atoms with Gasteiger partial charge in [0.1, 0.15) is 23.6 Å². The second kappa shape index (κ2) is 8.16. The number of aliphatic hydroxyl groups excluding tert-OH is 3. The van der Waals surface area contributed by atoms with Crippen molar-refractivity contribution >= 4 is 12.1 Å². The molecule has 0 aromatic carbocycles. The molecule has 0 radical (unpaired) electrons. The molecule has 1 aliphatic carbocycles. The number of hydrogen-bond donors (Lipinski definition) is 4. The van der Waals surface area contributed by atoms with Crippen LogP contribution in [0.1, 0.15) is 34.1 Å². The van der Waals surface area contributed by atoms with Crippen molar-refractivity contribution in [2.75, 3.05) is 6.61 Å². The maximum absolute atomic E-state index is 12.1. The smallest absolute Gasteiger partial charge is 0.408 e. The van der Waals surface area contributed by atoms with Gasteiger partial charge in [-0.25, -0.2) is 9.59 Å². The summed E-state index contributed by atoms with van der Waals surface area (Å²) in [6, 6.07) is -1.40. The van der Waals surface area contributed by atoms with Crippen molar-refractivity contribution in [2.24, 2.45) is 0 Å². The zero-order valence-corrected chi connectivity index (χ0v) is 14.3. The molecular formula is C16H25NO7. The Morgan fingerprint density at radius 3 is 2.50 bits per heavy atom. The summed E-state index contributed by atoms with van der Waals surface area (Å²) in [6.07, 6.45) is -0.956. The Labute approximate surface area is 140 Å². The van der Waals surface area contributed by atoms with Crippen LogP contribution in [0.25, 0.3) is 0 Å². The second-order valence-electron chi connectivity index (χ2n) is 6.37. The molecule has 0 bridgehead atoms. The number of allylic oxidation sites excluding steroid dienone is 2. The SMILES string of the molecule is CCOC(=O)C(NC(=O)OC(C)(C)C)C(O)C1=CC=C(O)C(O)C1. The van der Waals surface area contributed by atoms with E-state index < -0.39 is 35.9 Å². The molecule has 8 nitrogen and oxygen atoms in total. The average molecular weight is 343 g/mol. The first-order chi connectivity index (χ1) is 11.0. The quantitative estimate of drug-likeness (QED) is 0.547. The Balaban J connectivity index is 2.93. The number of carbonyl (C=O) groups is 2. The van der Waals surface area contributed by atoms with Gasteiger partial charge in [0.05, 0.1) is 6.61 Å². The third kappa shape index (κ3) is 5.86. The molecule has 0 saturated heterocycles. The molecule has 1 amide bonds. The van der Waals surface area contributed by atoms with Gasteiger partial charge in [-0.2, -0.15) is 0 Å². The van der Waals surface area contributed by atoms with Gasteiger partial charge in [-0.05, 0) is 39.3 Å². The van der Waals surface area contributed by atoms with Crippen LogP contribution in [0.4, 0.5) is 4.79 Å². The maximum Gasteiger partial charge on any atom is 0.408 e. The van der Waals surface area contributed by atoms with Gasteiger partial charge in [0.2, 0.25) is 0 Å². The molecule has 0 heterocycles. The normalized spacial score (nSPS) is 20.3. The number of alkyl carbamates (subject to hydrolysis) is 1. The van der Waals surface area contributed by atoms with E-state index in [0.29, 0.717) is 0 Å². The van der Waals surface area contributed by atoms with E-state index in [4.69, 9.17) is 9.47 Å². The summed E-state index contributed by atoms with van der Waals surface area (Å²) in [4.78, 5) is 24.0. The van der Waals surface area contributed by atoms with Crippen LogP contribution in [0.5, 0.6) is 0 Å². The standard InChI is InChI=1S/C16H25NO7/c1-5-23-14(21)12(17-15(22)24-16(2,3)4)13(20)9-6-7-10(18)11(19)8-9/h6-7,11-13,18-20H,5,8H2,1-4H3,(H,17,22). The number of aliphatic hydroxyl groups is 3. The number of esters is 1. The first-order valence-corrected chi connectivity index (χ1v) is 7.67. The maximum atomic E-state index is 12.1. The van der Waals surface area contributed by atoms with E-state index in [1.807, 2.05) is 0 Å². The molecule has 1 aliphatic rings. The summed E-state index contributed by atoms with van der Waals surface area (Å²) >= 11 is 0. The molecule has 4 N–H and O–H groups in total. The van der Waals surface area contributed by atoms with Crippen LogP contribution in [0.2, 0.25) is 0 Å². The number of ether oxygens (including phenoxy) is 2. The van der Waals surface area contributed by atoms with Crippen molar-refractivity contribution in [1.82, 2.24) is 5.32 Å². The van der Waals surface area contributed by atoms with Crippen molar-refractivity contribution in [3.63, 3.8) is 0 Å². The second-order valence-corrected chi connectivity index (χ2v) is 6.37. The number of carbonyl (C=O) groups excluding carboxylic acids is 2. The fourth-order valence-corrected chi connectivity index (χ4v) is 2.07. The Hall–Kier alpha value is -2.06. The lowest BCUT2D eigenvalue weighted by molar-refractivity contribution is -0.148. The molecule has 136 valence electrons. The molecule has 8 heteroatoms. The molecule has 0 saturated carbocycles. The van der Waals surface area contributed by atoms with Gasteiger partial charge >= 0.3 is 12.1 Å². The van der Waals surface area contributed by atoms with Gasteiger partial charge in [0, 0.05) is 6.42 Å². The third-order valence-electron chi connectivity index (χ3n) is 3.15. The van der Waals surface area contributed by atoms with Gasteiger partial charge in [-0.1, -0.05) is 6.08 Å². The summed E-state index contributed by atoms with van der Waals surface area (Å²) in [7, 11) is 0. The van der Waals surface area contributed by atoms with Crippen molar-refractivity contribution in [3.8, 4) is 0 Å². The van der Waals surface area contributed by atoms with Crippen LogP contribution in [0, 0.1) is 0 Å². The van der Waals surface area contributed by atoms with Crippen LogP contribution >= 0.6 is 0 Å². The highest BCUT2D eigenvalue weighted by Gasteiger charge is 2.35.